The van der Waals surface area contributed by atoms with Gasteiger partial charge < -0.3 is 24.2 Å². The lowest BCUT2D eigenvalue weighted by Crippen LogP contribution is -2.30. The van der Waals surface area contributed by atoms with Gasteiger partial charge in [0.15, 0.2) is 6.10 Å². The molecular formula is C62H115O11P. The zero-order valence-electron chi connectivity index (χ0n) is 48.1. The molecule has 0 rings (SSSR count). The molecule has 0 aliphatic carbocycles. The number of carbonyl (C=O) groups excluding carboxylic acids is 3. The van der Waals surface area contributed by atoms with Crippen LogP contribution in [0.1, 0.15) is 303 Å². The number of aliphatic hydroxyl groups is 1. The molecule has 0 aromatic carbocycles. The first-order valence-electron chi connectivity index (χ1n) is 30.9. The third-order valence-corrected chi connectivity index (χ3v) is 14.5. The van der Waals surface area contributed by atoms with E-state index >= 15 is 0 Å². The zero-order chi connectivity index (χ0) is 54.1. The van der Waals surface area contributed by atoms with Crippen LogP contribution in [0.2, 0.25) is 0 Å². The number of rotatable bonds is 58. The van der Waals surface area contributed by atoms with E-state index < -0.39 is 57.8 Å². The van der Waals surface area contributed by atoms with Crippen molar-refractivity contribution in [1.29, 1.82) is 0 Å². The quantitative estimate of drug-likeness (QED) is 0.0197. The van der Waals surface area contributed by atoms with E-state index in [2.05, 4.69) is 57.2 Å². The van der Waals surface area contributed by atoms with Crippen molar-refractivity contribution in [3.63, 3.8) is 0 Å². The summed E-state index contributed by atoms with van der Waals surface area (Å²) in [5.41, 5.74) is 0. The molecule has 0 amide bonds. The Hall–Kier alpha value is -2.30. The summed E-state index contributed by atoms with van der Waals surface area (Å²) in [4.78, 5) is 48.6. The van der Waals surface area contributed by atoms with Crippen LogP contribution in [-0.2, 0) is 42.2 Å². The molecule has 0 saturated carbocycles. The van der Waals surface area contributed by atoms with Crippen LogP contribution in [0.4, 0.5) is 0 Å². The molecule has 2 N–H and O–H groups in total. The van der Waals surface area contributed by atoms with Crippen LogP contribution >= 0.6 is 7.82 Å². The molecule has 0 aromatic rings. The first-order chi connectivity index (χ1) is 36.2. The van der Waals surface area contributed by atoms with Gasteiger partial charge in [-0.2, -0.15) is 0 Å². The van der Waals surface area contributed by atoms with Crippen LogP contribution in [0.5, 0.6) is 0 Å². The minimum atomic E-state index is -4.75. The van der Waals surface area contributed by atoms with E-state index in [4.69, 9.17) is 23.3 Å². The Balaban J connectivity index is 4.69. The normalized spacial score (nSPS) is 13.5. The van der Waals surface area contributed by atoms with Crippen LogP contribution in [0.3, 0.4) is 0 Å². The molecule has 12 heteroatoms. The molecule has 0 spiro atoms. The molecule has 3 unspecified atom stereocenters. The van der Waals surface area contributed by atoms with Gasteiger partial charge in [0.05, 0.1) is 19.8 Å². The van der Waals surface area contributed by atoms with E-state index in [1.807, 2.05) is 0 Å². The summed E-state index contributed by atoms with van der Waals surface area (Å²) in [5, 5.41) is 9.80. The topological polar surface area (TPSA) is 155 Å². The second-order valence-electron chi connectivity index (χ2n) is 20.9. The number of esters is 3. The Morgan fingerprint density at radius 3 is 0.973 bits per heavy atom. The number of phosphoric ester groups is 1. The van der Waals surface area contributed by atoms with Gasteiger partial charge >= 0.3 is 25.7 Å². The predicted molar refractivity (Wildman–Crippen MR) is 307 cm³/mol. The average Bonchev–Trinajstić information content (AvgIpc) is 3.39. The van der Waals surface area contributed by atoms with Gasteiger partial charge in [0.1, 0.15) is 12.7 Å². The van der Waals surface area contributed by atoms with Crippen LogP contribution in [0.25, 0.3) is 0 Å². The number of carbonyl (C=O) groups is 3. The van der Waals surface area contributed by atoms with Gasteiger partial charge in [0, 0.05) is 19.3 Å². The molecule has 434 valence electrons. The number of allylic oxidation sites excluding steroid dienone is 6. The minimum absolute atomic E-state index is 0.167. The van der Waals surface area contributed by atoms with Gasteiger partial charge in [0.25, 0.3) is 0 Å². The highest BCUT2D eigenvalue weighted by atomic mass is 31.2. The van der Waals surface area contributed by atoms with Crippen molar-refractivity contribution in [2.24, 2.45) is 0 Å². The Morgan fingerprint density at radius 2 is 0.635 bits per heavy atom. The van der Waals surface area contributed by atoms with Gasteiger partial charge in [-0.3, -0.25) is 23.4 Å². The molecule has 0 aliphatic heterocycles. The first-order valence-corrected chi connectivity index (χ1v) is 32.4. The van der Waals surface area contributed by atoms with Crippen molar-refractivity contribution in [2.75, 3.05) is 26.4 Å². The molecule has 3 atom stereocenters. The van der Waals surface area contributed by atoms with E-state index in [9.17, 15) is 28.9 Å². The molecule has 74 heavy (non-hydrogen) atoms. The van der Waals surface area contributed by atoms with Gasteiger partial charge in [-0.15, -0.1) is 0 Å². The van der Waals surface area contributed by atoms with Crippen molar-refractivity contribution in [1.82, 2.24) is 0 Å². The summed E-state index contributed by atoms with van der Waals surface area (Å²) in [6.07, 6.45) is 59.6. The lowest BCUT2D eigenvalue weighted by Gasteiger charge is -2.21. The summed E-state index contributed by atoms with van der Waals surface area (Å²) in [6, 6.07) is 0. The smallest absolute Gasteiger partial charge is 0.462 e. The van der Waals surface area contributed by atoms with E-state index in [0.29, 0.717) is 19.3 Å². The number of unbranched alkanes of at least 4 members (excludes halogenated alkanes) is 35. The third kappa shape index (κ3) is 54.5. The highest BCUT2D eigenvalue weighted by molar-refractivity contribution is 7.47. The maximum Gasteiger partial charge on any atom is 0.472 e. The SMILES string of the molecule is CCCC/C=C\CCCCCCCC(=O)OC(CO)COP(=O)(O)OCC(COC(=O)CCCCCCCCC/C=C\CCCCCCCC)OC(=O)CCCCCCCCCCC/C=C\CCCCCCCC. The summed E-state index contributed by atoms with van der Waals surface area (Å²) in [5.74, 6) is -1.46. The number of hydrogen-bond acceptors (Lipinski definition) is 10. The van der Waals surface area contributed by atoms with Crippen molar-refractivity contribution >= 4 is 25.7 Å². The highest BCUT2D eigenvalue weighted by Crippen LogP contribution is 2.43. The molecule has 0 heterocycles. The average molecular weight is 1070 g/mol. The molecule has 0 fully saturated rings. The zero-order valence-corrected chi connectivity index (χ0v) is 49.0. The fourth-order valence-corrected chi connectivity index (χ4v) is 9.52. The maximum absolute atomic E-state index is 12.9. The molecular weight excluding hydrogens is 952 g/mol. The van der Waals surface area contributed by atoms with Gasteiger partial charge in [-0.05, 0) is 89.9 Å². The lowest BCUT2D eigenvalue weighted by molar-refractivity contribution is -0.161. The van der Waals surface area contributed by atoms with E-state index in [0.717, 1.165) is 83.5 Å². The van der Waals surface area contributed by atoms with Crippen LogP contribution in [0, 0.1) is 0 Å². The number of hydrogen-bond donors (Lipinski definition) is 2. The third-order valence-electron chi connectivity index (χ3n) is 13.5. The van der Waals surface area contributed by atoms with Crippen molar-refractivity contribution < 1.29 is 52.2 Å². The molecule has 0 bridgehead atoms. The van der Waals surface area contributed by atoms with Crippen LogP contribution in [-0.4, -0.2) is 66.5 Å². The fourth-order valence-electron chi connectivity index (χ4n) is 8.74. The predicted octanol–water partition coefficient (Wildman–Crippen LogP) is 18.4. The van der Waals surface area contributed by atoms with E-state index in [-0.39, 0.29) is 25.9 Å². The summed E-state index contributed by atoms with van der Waals surface area (Å²) >= 11 is 0. The fraction of sp³-hybridized carbons (Fsp3) is 0.855. The van der Waals surface area contributed by atoms with Crippen LogP contribution < -0.4 is 0 Å². The molecule has 0 aliphatic rings. The summed E-state index contributed by atoms with van der Waals surface area (Å²) in [6.45, 7) is 4.63. The summed E-state index contributed by atoms with van der Waals surface area (Å²) in [7, 11) is -4.75. The standard InChI is InChI=1S/C62H115O11P/c1-4-7-10-13-16-19-22-24-26-28-29-31-33-35-38-41-44-47-50-53-62(66)73-59(55-69-60(64)51-48-45-42-39-37-34-32-30-27-25-23-20-17-14-11-8-5-2)57-71-74(67,68)70-56-58(54-63)72-61(65)52-49-46-43-40-36-21-18-15-12-9-6-3/h15,18,24-27,58-59,63H,4-14,16-17,19-23,28-57H2,1-3H3,(H,67,68)/b18-15-,26-24-,27-25-. The Kier molecular flexibility index (Phi) is 55.1. The van der Waals surface area contributed by atoms with Crippen molar-refractivity contribution in [2.45, 2.75) is 315 Å². The Morgan fingerprint density at radius 1 is 0.365 bits per heavy atom. The molecule has 0 radical (unpaired) electrons. The molecule has 0 aromatic heterocycles. The largest absolute Gasteiger partial charge is 0.472 e. The van der Waals surface area contributed by atoms with Crippen molar-refractivity contribution in [3.8, 4) is 0 Å². The monoisotopic (exact) mass is 1070 g/mol. The van der Waals surface area contributed by atoms with Gasteiger partial charge in [0.2, 0.25) is 0 Å². The second kappa shape index (κ2) is 56.9. The number of aliphatic hydroxyl groups excluding tert-OH is 1. The van der Waals surface area contributed by atoms with Gasteiger partial charge in [-0.25, -0.2) is 4.57 Å². The minimum Gasteiger partial charge on any atom is -0.462 e. The van der Waals surface area contributed by atoms with Crippen molar-refractivity contribution in [3.05, 3.63) is 36.5 Å². The van der Waals surface area contributed by atoms with Gasteiger partial charge in [-0.1, -0.05) is 231 Å². The summed E-state index contributed by atoms with van der Waals surface area (Å²) < 4.78 is 39.6. The Bertz CT molecular complexity index is 1380. The second-order valence-corrected chi connectivity index (χ2v) is 22.3. The number of phosphoric acid groups is 1. The highest BCUT2D eigenvalue weighted by Gasteiger charge is 2.28. The van der Waals surface area contributed by atoms with E-state index in [1.54, 1.807) is 0 Å². The van der Waals surface area contributed by atoms with E-state index in [1.165, 1.54) is 161 Å². The Labute approximate surface area is 454 Å². The maximum atomic E-state index is 12.9. The molecule has 11 nitrogen and oxygen atoms in total. The number of ether oxygens (including phenoxy) is 3. The molecule has 0 saturated heterocycles. The lowest BCUT2D eigenvalue weighted by atomic mass is 10.1. The van der Waals surface area contributed by atoms with Crippen LogP contribution in [0.15, 0.2) is 36.5 Å². The first kappa shape index (κ1) is 71.7.